The van der Waals surface area contributed by atoms with Gasteiger partial charge in [-0.3, -0.25) is 0 Å². The van der Waals surface area contributed by atoms with Gasteiger partial charge in [-0.25, -0.2) is 0 Å². The van der Waals surface area contributed by atoms with E-state index in [2.05, 4.69) is 252 Å². The number of nitrogens with zero attached hydrogens (tertiary/aromatic N) is 2. The zero-order valence-corrected chi connectivity index (χ0v) is 35.5. The van der Waals surface area contributed by atoms with Gasteiger partial charge < -0.3 is 9.13 Å². The second kappa shape index (κ2) is 14.0. The minimum absolute atomic E-state index is 1.15. The number of fused-ring (bicyclic) bond motifs is 13. The Labute approximate surface area is 366 Å². The average Bonchev–Trinajstić information content (AvgIpc) is 3.89. The molecule has 294 valence electrons. The third kappa shape index (κ3) is 5.18. The maximum absolute atomic E-state index is 3.01. The molecule has 0 amide bonds. The Bertz CT molecular complexity index is 3830. The van der Waals surface area contributed by atoms with Crippen LogP contribution in [0.1, 0.15) is 0 Å². The molecule has 0 saturated carbocycles. The quantitative estimate of drug-likeness (QED) is 0.0899. The first-order chi connectivity index (χ1) is 31.3. The van der Waals surface area contributed by atoms with E-state index in [1.165, 1.54) is 96.7 Å². The van der Waals surface area contributed by atoms with Crippen molar-refractivity contribution < 1.29 is 0 Å². The normalized spacial score (nSPS) is 12.1. The first-order valence-electron chi connectivity index (χ1n) is 21.9. The number of hydrogen-bond acceptors (Lipinski definition) is 0. The molecule has 2 heterocycles. The van der Waals surface area contributed by atoms with Crippen LogP contribution >= 0.6 is 0 Å². The molecule has 0 fully saturated rings. The minimum atomic E-state index is -3.01. The van der Waals surface area contributed by atoms with E-state index in [9.17, 15) is 0 Å². The molecule has 0 N–H and O–H groups in total. The Morgan fingerprint density at radius 3 is 1.13 bits per heavy atom. The van der Waals surface area contributed by atoms with Crippen molar-refractivity contribution in [3.8, 4) is 11.4 Å². The fraction of sp³-hybridized carbons (Fsp3) is 0. The summed E-state index contributed by atoms with van der Waals surface area (Å²) in [5, 5.41) is 18.1. The van der Waals surface area contributed by atoms with Crippen LogP contribution < -0.4 is 20.7 Å². The fourth-order valence-electron chi connectivity index (χ4n) is 11.0. The lowest BCUT2D eigenvalue weighted by Crippen LogP contribution is -2.74. The molecule has 0 aliphatic carbocycles. The highest BCUT2D eigenvalue weighted by atomic mass is 28.3. The summed E-state index contributed by atoms with van der Waals surface area (Å²) in [6.07, 6.45) is 0. The monoisotopic (exact) mass is 816 g/mol. The van der Waals surface area contributed by atoms with Gasteiger partial charge in [-0.2, -0.15) is 0 Å². The molecule has 3 heteroatoms. The molecule has 2 aromatic heterocycles. The molecular weight excluding hydrogens is 777 g/mol. The highest BCUT2D eigenvalue weighted by molar-refractivity contribution is 7.20. The minimum Gasteiger partial charge on any atom is -0.307 e. The topological polar surface area (TPSA) is 9.86 Å². The van der Waals surface area contributed by atoms with Crippen LogP contribution in [0.4, 0.5) is 0 Å². The van der Waals surface area contributed by atoms with Crippen LogP contribution in [0, 0.1) is 0 Å². The van der Waals surface area contributed by atoms with E-state index >= 15 is 0 Å². The van der Waals surface area contributed by atoms with Crippen LogP contribution in [-0.2, 0) is 0 Å². The Morgan fingerprint density at radius 1 is 0.222 bits per heavy atom. The van der Waals surface area contributed by atoms with E-state index in [1.54, 1.807) is 0 Å². The summed E-state index contributed by atoms with van der Waals surface area (Å²) in [4.78, 5) is 0. The summed E-state index contributed by atoms with van der Waals surface area (Å²) < 4.78 is 5.02. The second-order valence-electron chi connectivity index (χ2n) is 16.8. The lowest BCUT2D eigenvalue weighted by atomic mass is 9.94. The van der Waals surface area contributed by atoms with E-state index < -0.39 is 8.07 Å². The van der Waals surface area contributed by atoms with Gasteiger partial charge in [0, 0.05) is 32.9 Å². The highest BCUT2D eigenvalue weighted by Gasteiger charge is 2.42. The van der Waals surface area contributed by atoms with Crippen LogP contribution in [0.15, 0.2) is 243 Å². The Kier molecular flexibility index (Phi) is 7.96. The van der Waals surface area contributed by atoms with Crippen LogP contribution in [0.3, 0.4) is 0 Å². The fourth-order valence-corrected chi connectivity index (χ4v) is 15.8. The van der Waals surface area contributed by atoms with Crippen molar-refractivity contribution >= 4 is 105 Å². The Balaban J connectivity index is 1.16. The Morgan fingerprint density at radius 2 is 0.587 bits per heavy atom. The number of para-hydroxylation sites is 3. The third-order valence-corrected chi connectivity index (χ3v) is 18.4. The summed E-state index contributed by atoms with van der Waals surface area (Å²) in [6, 6.07) is 90.8. The standard InChI is InChI=1S/C60H40N2Si/c1-4-19-41(20-5-1)61-57-33-16-14-31-52(57)54-37-38-55-53-32-15-17-34-58(53)62(60(55)59(54)61)42-21-18-26-45(39-42)63(43-22-6-2-7-23-43,44-24-8-3-9-25-44)46-35-36-51-49-29-11-10-27-47(49)48-28-12-13-30-50(48)56(51)40-46/h1-40H. The second-order valence-corrected chi connectivity index (χ2v) is 20.6. The highest BCUT2D eigenvalue weighted by Crippen LogP contribution is 2.42. The van der Waals surface area contributed by atoms with Gasteiger partial charge in [-0.1, -0.05) is 206 Å². The molecule has 0 aliphatic rings. The van der Waals surface area contributed by atoms with Crippen LogP contribution in [0.5, 0.6) is 0 Å². The number of rotatable bonds is 6. The van der Waals surface area contributed by atoms with Crippen LogP contribution in [0.2, 0.25) is 0 Å². The van der Waals surface area contributed by atoms with Gasteiger partial charge in [0.1, 0.15) is 0 Å². The lowest BCUT2D eigenvalue weighted by molar-refractivity contribution is 1.15. The van der Waals surface area contributed by atoms with E-state index in [0.717, 1.165) is 11.4 Å². The predicted octanol–water partition coefficient (Wildman–Crippen LogP) is 12.7. The molecular formula is C60H40N2Si. The zero-order chi connectivity index (χ0) is 41.5. The molecule has 13 rings (SSSR count). The van der Waals surface area contributed by atoms with E-state index in [4.69, 9.17) is 0 Å². The van der Waals surface area contributed by atoms with Gasteiger partial charge in [0.15, 0.2) is 8.07 Å². The molecule has 0 saturated heterocycles. The molecule has 0 radical (unpaired) electrons. The van der Waals surface area contributed by atoms with Gasteiger partial charge in [-0.15, -0.1) is 0 Å². The number of aromatic nitrogens is 2. The maximum atomic E-state index is 2.55. The smallest absolute Gasteiger partial charge is 0.179 e. The summed E-state index contributed by atoms with van der Waals surface area (Å²) in [6.45, 7) is 0. The van der Waals surface area contributed by atoms with Gasteiger partial charge in [0.05, 0.1) is 22.1 Å². The first-order valence-corrected chi connectivity index (χ1v) is 23.9. The van der Waals surface area contributed by atoms with Crippen molar-refractivity contribution in [1.82, 2.24) is 9.13 Å². The predicted molar refractivity (Wildman–Crippen MR) is 271 cm³/mol. The van der Waals surface area contributed by atoms with Gasteiger partial charge in [-0.05, 0) is 89.5 Å². The van der Waals surface area contributed by atoms with Crippen molar-refractivity contribution in [1.29, 1.82) is 0 Å². The number of hydrogen-bond donors (Lipinski definition) is 0. The average molecular weight is 817 g/mol. The molecule has 2 nitrogen and oxygen atoms in total. The Hall–Kier alpha value is -7.98. The largest absolute Gasteiger partial charge is 0.307 e. The molecule has 11 aromatic carbocycles. The summed E-state index contributed by atoms with van der Waals surface area (Å²) in [7, 11) is -3.01. The molecule has 0 unspecified atom stereocenters. The van der Waals surface area contributed by atoms with Crippen molar-refractivity contribution in [2.45, 2.75) is 0 Å². The van der Waals surface area contributed by atoms with Crippen molar-refractivity contribution in [3.05, 3.63) is 243 Å². The maximum Gasteiger partial charge on any atom is 0.179 e. The van der Waals surface area contributed by atoms with Crippen molar-refractivity contribution in [2.24, 2.45) is 0 Å². The number of benzene rings is 11. The van der Waals surface area contributed by atoms with Crippen LogP contribution in [0.25, 0.3) is 87.3 Å². The van der Waals surface area contributed by atoms with E-state index in [0.29, 0.717) is 0 Å². The van der Waals surface area contributed by atoms with E-state index in [1.807, 2.05) is 0 Å². The molecule has 0 bridgehead atoms. The summed E-state index contributed by atoms with van der Waals surface area (Å²) >= 11 is 0. The van der Waals surface area contributed by atoms with Gasteiger partial charge >= 0.3 is 0 Å². The molecule has 63 heavy (non-hydrogen) atoms. The van der Waals surface area contributed by atoms with Crippen LogP contribution in [-0.4, -0.2) is 17.2 Å². The zero-order valence-electron chi connectivity index (χ0n) is 34.5. The lowest BCUT2D eigenvalue weighted by Gasteiger charge is -2.35. The molecule has 0 atom stereocenters. The summed E-state index contributed by atoms with van der Waals surface area (Å²) in [5.74, 6) is 0. The summed E-state index contributed by atoms with van der Waals surface area (Å²) in [5.41, 5.74) is 7.12. The molecule has 0 aliphatic heterocycles. The SMILES string of the molecule is c1ccc(-n2c3ccccc3c3ccc4c5ccccc5n(-c5cccc([Si](c6ccccc6)(c6ccccc6)c6ccc7c8ccccc8c8ccccc8c7c6)c5)c4c32)cc1. The molecule has 13 aromatic rings. The first kappa shape index (κ1) is 35.7. The van der Waals surface area contributed by atoms with Gasteiger partial charge in [0.2, 0.25) is 0 Å². The van der Waals surface area contributed by atoms with Crippen molar-refractivity contribution in [2.75, 3.05) is 0 Å². The van der Waals surface area contributed by atoms with Gasteiger partial charge in [0.25, 0.3) is 0 Å². The molecule has 0 spiro atoms. The van der Waals surface area contributed by atoms with E-state index in [-0.39, 0.29) is 0 Å². The van der Waals surface area contributed by atoms with Crippen molar-refractivity contribution in [3.63, 3.8) is 0 Å². The third-order valence-electron chi connectivity index (χ3n) is 13.6.